The Morgan fingerprint density at radius 2 is 1.93 bits per heavy atom. The molecule has 0 bridgehead atoms. The summed E-state index contributed by atoms with van der Waals surface area (Å²) in [4.78, 5) is 13.7. The minimum absolute atomic E-state index is 0.0952. The summed E-state index contributed by atoms with van der Waals surface area (Å²) in [6, 6.07) is 13.9. The second kappa shape index (κ2) is 8.85. The van der Waals surface area contributed by atoms with Crippen LogP contribution in [0.15, 0.2) is 53.0 Å². The third kappa shape index (κ3) is 4.03. The van der Waals surface area contributed by atoms with Crippen LogP contribution in [0.3, 0.4) is 0 Å². The molecule has 1 N–H and O–H groups in total. The Morgan fingerprint density at radius 3 is 2.63 bits per heavy atom. The third-order valence-electron chi connectivity index (χ3n) is 4.66. The van der Waals surface area contributed by atoms with E-state index in [4.69, 9.17) is 0 Å². The van der Waals surface area contributed by atoms with Gasteiger partial charge in [0, 0.05) is 6.54 Å². The normalized spacial score (nSPS) is 11.0. The first-order valence-electron chi connectivity index (χ1n) is 9.59. The zero-order valence-corrected chi connectivity index (χ0v) is 18.6. The second-order valence-corrected chi connectivity index (χ2v) is 8.55. The summed E-state index contributed by atoms with van der Waals surface area (Å²) in [6.07, 6.45) is 0. The summed E-state index contributed by atoms with van der Waals surface area (Å²) < 4.78 is 3.88. The predicted octanol–water partition coefficient (Wildman–Crippen LogP) is 4.56. The Bertz CT molecular complexity index is 1150. The number of anilines is 1. The lowest BCUT2D eigenvalue weighted by Gasteiger charge is -2.08. The zero-order valence-electron chi connectivity index (χ0n) is 17.0. The number of nitrogens with one attached hydrogen (secondary N) is 1. The quantitative estimate of drug-likeness (QED) is 0.428. The average molecular weight is 439 g/mol. The number of hydrogen-bond donors (Lipinski definition) is 1. The molecule has 154 valence electrons. The van der Waals surface area contributed by atoms with E-state index < -0.39 is 0 Å². The molecule has 30 heavy (non-hydrogen) atoms. The van der Waals surface area contributed by atoms with Crippen molar-refractivity contribution in [3.63, 3.8) is 0 Å². The Kier molecular flexibility index (Phi) is 6.01. The molecule has 3 aromatic heterocycles. The number of thioether (sulfide) groups is 1. The molecule has 0 radical (unpaired) electrons. The number of para-hydroxylation sites is 1. The van der Waals surface area contributed by atoms with Crippen molar-refractivity contribution in [2.45, 2.75) is 32.5 Å². The van der Waals surface area contributed by atoms with Gasteiger partial charge in [-0.25, -0.2) is 4.68 Å². The van der Waals surface area contributed by atoms with Crippen LogP contribution in [0.1, 0.15) is 18.3 Å². The molecule has 0 saturated carbocycles. The fourth-order valence-corrected chi connectivity index (χ4v) is 4.74. The van der Waals surface area contributed by atoms with Crippen molar-refractivity contribution in [3.05, 3.63) is 59.2 Å². The van der Waals surface area contributed by atoms with Gasteiger partial charge in [0.05, 0.1) is 33.4 Å². The third-order valence-corrected chi connectivity index (χ3v) is 6.50. The second-order valence-electron chi connectivity index (χ2n) is 6.66. The number of nitrogens with zero attached hydrogens (tertiary/aromatic N) is 5. The molecule has 9 heteroatoms. The van der Waals surface area contributed by atoms with Crippen molar-refractivity contribution >= 4 is 34.7 Å². The maximum absolute atomic E-state index is 12.6. The maximum atomic E-state index is 12.6. The van der Waals surface area contributed by atoms with E-state index in [0.717, 1.165) is 45.2 Å². The highest BCUT2D eigenvalue weighted by Gasteiger charge is 2.18. The molecule has 3 heterocycles. The van der Waals surface area contributed by atoms with Gasteiger partial charge in [0.2, 0.25) is 5.91 Å². The largest absolute Gasteiger partial charge is 0.322 e. The van der Waals surface area contributed by atoms with E-state index in [1.165, 1.54) is 11.8 Å². The first-order valence-corrected chi connectivity index (χ1v) is 11.5. The van der Waals surface area contributed by atoms with E-state index in [1.54, 1.807) is 11.3 Å². The van der Waals surface area contributed by atoms with Crippen molar-refractivity contribution in [1.29, 1.82) is 0 Å². The number of thiophene rings is 1. The number of amides is 1. The maximum Gasteiger partial charge on any atom is 0.234 e. The van der Waals surface area contributed by atoms with Gasteiger partial charge in [-0.2, -0.15) is 5.10 Å². The van der Waals surface area contributed by atoms with Crippen LogP contribution in [0.5, 0.6) is 0 Å². The van der Waals surface area contributed by atoms with Crippen LogP contribution >= 0.6 is 23.1 Å². The van der Waals surface area contributed by atoms with Gasteiger partial charge in [0.15, 0.2) is 11.0 Å². The fraction of sp³-hybridized carbons (Fsp3) is 0.238. The van der Waals surface area contributed by atoms with Crippen LogP contribution in [0.25, 0.3) is 16.4 Å². The molecule has 4 aromatic rings. The van der Waals surface area contributed by atoms with Crippen LogP contribution in [-0.4, -0.2) is 36.2 Å². The molecule has 0 saturated heterocycles. The lowest BCUT2D eigenvalue weighted by Crippen LogP contribution is -2.16. The number of aromatic nitrogens is 5. The number of benzene rings is 1. The van der Waals surface area contributed by atoms with E-state index in [-0.39, 0.29) is 11.7 Å². The first-order chi connectivity index (χ1) is 14.6. The lowest BCUT2D eigenvalue weighted by atomic mass is 10.3. The molecule has 0 aliphatic carbocycles. The zero-order chi connectivity index (χ0) is 21.1. The molecule has 0 aliphatic heterocycles. The summed E-state index contributed by atoms with van der Waals surface area (Å²) >= 11 is 3.01. The van der Waals surface area contributed by atoms with E-state index in [0.29, 0.717) is 0 Å². The predicted molar refractivity (Wildman–Crippen MR) is 121 cm³/mol. The molecular weight excluding hydrogens is 416 g/mol. The minimum atomic E-state index is -0.0952. The average Bonchev–Trinajstić information content (AvgIpc) is 3.48. The summed E-state index contributed by atoms with van der Waals surface area (Å²) in [5.41, 5.74) is 3.39. The van der Waals surface area contributed by atoms with Gasteiger partial charge >= 0.3 is 0 Å². The Labute approximate surface area is 183 Å². The van der Waals surface area contributed by atoms with E-state index in [9.17, 15) is 4.79 Å². The van der Waals surface area contributed by atoms with Crippen molar-refractivity contribution in [3.8, 4) is 16.4 Å². The number of hydrogen-bond acceptors (Lipinski definition) is 6. The molecule has 1 amide bonds. The van der Waals surface area contributed by atoms with Crippen molar-refractivity contribution in [2.24, 2.45) is 0 Å². The van der Waals surface area contributed by atoms with E-state index >= 15 is 0 Å². The van der Waals surface area contributed by atoms with Gasteiger partial charge in [-0.15, -0.1) is 21.5 Å². The van der Waals surface area contributed by atoms with Gasteiger partial charge in [-0.05, 0) is 44.4 Å². The number of aryl methyl sites for hydroxylation is 1. The van der Waals surface area contributed by atoms with Gasteiger partial charge in [-0.3, -0.25) is 4.79 Å². The SMILES string of the molecule is CCn1c(SCC(=O)Nc2c(C)nn(-c3ccccc3)c2C)nnc1-c1cccs1. The van der Waals surface area contributed by atoms with Crippen LogP contribution in [0.2, 0.25) is 0 Å². The van der Waals surface area contributed by atoms with Crippen LogP contribution < -0.4 is 5.32 Å². The molecule has 0 fully saturated rings. The standard InChI is InChI=1S/C21H22N6OS2/c1-4-26-20(17-11-8-12-29-17)23-24-21(26)30-13-18(28)22-19-14(2)25-27(15(19)3)16-9-6-5-7-10-16/h5-12H,4,13H2,1-3H3,(H,22,28). The number of carbonyl (C=O) groups excluding carboxylic acids is 1. The van der Waals surface area contributed by atoms with Crippen molar-refractivity contribution in [2.75, 3.05) is 11.1 Å². The smallest absolute Gasteiger partial charge is 0.234 e. The molecule has 0 unspecified atom stereocenters. The molecule has 0 atom stereocenters. The molecule has 1 aromatic carbocycles. The first kappa shape index (κ1) is 20.4. The summed E-state index contributed by atoms with van der Waals surface area (Å²) in [7, 11) is 0. The molecule has 4 rings (SSSR count). The molecule has 0 spiro atoms. The van der Waals surface area contributed by atoms with Gasteiger partial charge in [0.1, 0.15) is 0 Å². The highest BCUT2D eigenvalue weighted by atomic mass is 32.2. The van der Waals surface area contributed by atoms with Gasteiger partial charge in [-0.1, -0.05) is 36.0 Å². The van der Waals surface area contributed by atoms with Crippen LogP contribution in [0, 0.1) is 13.8 Å². The fourth-order valence-electron chi connectivity index (χ4n) is 3.22. The lowest BCUT2D eigenvalue weighted by molar-refractivity contribution is -0.113. The number of rotatable bonds is 7. The minimum Gasteiger partial charge on any atom is -0.322 e. The van der Waals surface area contributed by atoms with Crippen molar-refractivity contribution in [1.82, 2.24) is 24.5 Å². The van der Waals surface area contributed by atoms with Crippen molar-refractivity contribution < 1.29 is 4.79 Å². The van der Waals surface area contributed by atoms with E-state index in [2.05, 4.69) is 27.5 Å². The molecule has 7 nitrogen and oxygen atoms in total. The topological polar surface area (TPSA) is 77.6 Å². The van der Waals surface area contributed by atoms with Gasteiger partial charge in [0.25, 0.3) is 0 Å². The Morgan fingerprint density at radius 1 is 1.13 bits per heavy atom. The highest BCUT2D eigenvalue weighted by molar-refractivity contribution is 7.99. The Hall–Kier alpha value is -2.91. The Balaban J connectivity index is 1.46. The van der Waals surface area contributed by atoms with Crippen LogP contribution in [-0.2, 0) is 11.3 Å². The van der Waals surface area contributed by atoms with Gasteiger partial charge < -0.3 is 9.88 Å². The summed E-state index contributed by atoms with van der Waals surface area (Å²) in [5, 5.41) is 19.0. The molecule has 0 aliphatic rings. The number of carbonyl (C=O) groups is 1. The highest BCUT2D eigenvalue weighted by Crippen LogP contribution is 2.28. The summed E-state index contributed by atoms with van der Waals surface area (Å²) in [6.45, 7) is 6.65. The monoisotopic (exact) mass is 438 g/mol. The molecular formula is C21H22N6OS2. The van der Waals surface area contributed by atoms with Crippen LogP contribution in [0.4, 0.5) is 5.69 Å². The summed E-state index contributed by atoms with van der Waals surface area (Å²) in [5.74, 6) is 0.992. The van der Waals surface area contributed by atoms with E-state index in [1.807, 2.05) is 70.9 Å².